The normalized spacial score (nSPS) is 10.2. The van der Waals surface area contributed by atoms with Crippen LogP contribution in [-0.4, -0.2) is 34.2 Å². The van der Waals surface area contributed by atoms with Crippen molar-refractivity contribution in [3.8, 4) is 17.1 Å². The molecule has 0 radical (unpaired) electrons. The SMILES string of the molecule is CCOc1cc(NCC(=O)O)ccc1-c1nc(NN)c(N)c(=O)[nH]1. The van der Waals surface area contributed by atoms with Crippen LogP contribution in [0.15, 0.2) is 23.0 Å². The van der Waals surface area contributed by atoms with E-state index in [1.54, 1.807) is 25.1 Å². The number of nitrogens with two attached hydrogens (primary N) is 2. The molecule has 0 saturated heterocycles. The van der Waals surface area contributed by atoms with Crippen LogP contribution in [0.4, 0.5) is 17.2 Å². The smallest absolute Gasteiger partial charge is 0.322 e. The summed E-state index contributed by atoms with van der Waals surface area (Å²) in [6.45, 7) is 1.94. The average molecular weight is 334 g/mol. The maximum absolute atomic E-state index is 11.9. The molecule has 0 aliphatic heterocycles. The molecule has 0 spiro atoms. The molecule has 0 atom stereocenters. The highest BCUT2D eigenvalue weighted by Gasteiger charge is 2.14. The maximum Gasteiger partial charge on any atom is 0.322 e. The van der Waals surface area contributed by atoms with E-state index >= 15 is 0 Å². The summed E-state index contributed by atoms with van der Waals surface area (Å²) in [5, 5.41) is 11.5. The van der Waals surface area contributed by atoms with Gasteiger partial charge in [-0.1, -0.05) is 0 Å². The number of aliphatic carboxylic acids is 1. The monoisotopic (exact) mass is 334 g/mol. The minimum Gasteiger partial charge on any atom is -0.493 e. The predicted molar refractivity (Wildman–Crippen MR) is 89.8 cm³/mol. The summed E-state index contributed by atoms with van der Waals surface area (Å²) in [6, 6.07) is 4.91. The van der Waals surface area contributed by atoms with Gasteiger partial charge in [0.15, 0.2) is 5.82 Å². The highest BCUT2D eigenvalue weighted by molar-refractivity contribution is 5.75. The number of nitrogens with one attached hydrogen (secondary N) is 3. The zero-order valence-corrected chi connectivity index (χ0v) is 12.9. The van der Waals surface area contributed by atoms with Gasteiger partial charge in [0, 0.05) is 11.8 Å². The minimum atomic E-state index is -0.986. The Hall–Kier alpha value is -3.27. The minimum absolute atomic E-state index is 0.0456. The average Bonchev–Trinajstić information content (AvgIpc) is 2.56. The lowest BCUT2D eigenvalue weighted by molar-refractivity contribution is -0.134. The summed E-state index contributed by atoms with van der Waals surface area (Å²) in [6.07, 6.45) is 0. The van der Waals surface area contributed by atoms with E-state index in [0.29, 0.717) is 23.6 Å². The fraction of sp³-hybridized carbons (Fsp3) is 0.214. The van der Waals surface area contributed by atoms with Crippen molar-refractivity contribution >= 4 is 23.2 Å². The molecule has 1 aromatic heterocycles. The highest BCUT2D eigenvalue weighted by atomic mass is 16.5. The molecule has 0 unspecified atom stereocenters. The summed E-state index contributed by atoms with van der Waals surface area (Å²) in [5.41, 5.74) is 8.25. The molecule has 0 saturated carbocycles. The van der Waals surface area contributed by atoms with Crippen molar-refractivity contribution in [3.63, 3.8) is 0 Å². The fourth-order valence-electron chi connectivity index (χ4n) is 2.00. The first-order valence-corrected chi connectivity index (χ1v) is 7.05. The topological polar surface area (TPSA) is 168 Å². The molecule has 2 aromatic rings. The summed E-state index contributed by atoms with van der Waals surface area (Å²) in [7, 11) is 0. The number of hydrogen-bond acceptors (Lipinski definition) is 8. The van der Waals surface area contributed by atoms with E-state index in [9.17, 15) is 9.59 Å². The Morgan fingerprint density at radius 1 is 1.46 bits per heavy atom. The number of carboxylic acids is 1. The molecule has 0 aliphatic carbocycles. The molecule has 10 heteroatoms. The number of anilines is 3. The Labute approximate surface area is 136 Å². The van der Waals surface area contributed by atoms with Gasteiger partial charge in [0.2, 0.25) is 0 Å². The number of hydrazine groups is 1. The van der Waals surface area contributed by atoms with E-state index < -0.39 is 11.5 Å². The maximum atomic E-state index is 11.9. The van der Waals surface area contributed by atoms with E-state index in [0.717, 1.165) is 0 Å². The lowest BCUT2D eigenvalue weighted by Gasteiger charge is -2.13. The highest BCUT2D eigenvalue weighted by Crippen LogP contribution is 2.31. The molecular weight excluding hydrogens is 316 g/mol. The number of carbonyl (C=O) groups is 1. The Bertz CT molecular complexity index is 804. The predicted octanol–water partition coefficient (Wildman–Crippen LogP) is 0.200. The van der Waals surface area contributed by atoms with Crippen molar-refractivity contribution in [1.29, 1.82) is 0 Å². The number of aromatic amines is 1. The second-order valence-electron chi connectivity index (χ2n) is 4.71. The van der Waals surface area contributed by atoms with Crippen LogP contribution in [-0.2, 0) is 4.79 Å². The quantitative estimate of drug-likeness (QED) is 0.306. The van der Waals surface area contributed by atoms with E-state index in [4.69, 9.17) is 21.4 Å². The molecule has 0 bridgehead atoms. The molecule has 8 N–H and O–H groups in total. The molecule has 0 amide bonds. The Kier molecular flexibility index (Phi) is 5.22. The number of nitrogens with zero attached hydrogens (tertiary/aromatic N) is 1. The molecule has 24 heavy (non-hydrogen) atoms. The number of aromatic nitrogens is 2. The second kappa shape index (κ2) is 7.33. The van der Waals surface area contributed by atoms with Crippen LogP contribution in [0.25, 0.3) is 11.4 Å². The van der Waals surface area contributed by atoms with Crippen LogP contribution in [0.3, 0.4) is 0 Å². The van der Waals surface area contributed by atoms with Crippen molar-refractivity contribution in [1.82, 2.24) is 9.97 Å². The molecule has 1 heterocycles. The van der Waals surface area contributed by atoms with Crippen LogP contribution >= 0.6 is 0 Å². The number of carboxylic acid groups (broad SMARTS) is 1. The first kappa shape index (κ1) is 17.1. The van der Waals surface area contributed by atoms with Gasteiger partial charge in [0.05, 0.1) is 12.2 Å². The molecule has 1 aromatic carbocycles. The van der Waals surface area contributed by atoms with Crippen LogP contribution in [0.2, 0.25) is 0 Å². The van der Waals surface area contributed by atoms with Crippen molar-refractivity contribution < 1.29 is 14.6 Å². The van der Waals surface area contributed by atoms with E-state index in [2.05, 4.69) is 20.7 Å². The van der Waals surface area contributed by atoms with Crippen LogP contribution < -0.4 is 32.6 Å². The lowest BCUT2D eigenvalue weighted by Crippen LogP contribution is -2.20. The zero-order valence-electron chi connectivity index (χ0n) is 12.9. The third-order valence-electron chi connectivity index (χ3n) is 3.07. The van der Waals surface area contributed by atoms with Gasteiger partial charge in [-0.15, -0.1) is 0 Å². The second-order valence-corrected chi connectivity index (χ2v) is 4.71. The van der Waals surface area contributed by atoms with Crippen molar-refractivity contribution in [2.75, 3.05) is 29.6 Å². The standard InChI is InChI=1S/C14H18N6O4/c1-2-24-9-5-7(17-6-10(21)22)3-4-8(9)12-18-13(20-16)11(15)14(23)19-12/h3-5,17H,2,6,15-16H2,1H3,(H,21,22)(H2,18,19,20,23). The van der Waals surface area contributed by atoms with Gasteiger partial charge in [0.1, 0.15) is 23.8 Å². The Balaban J connectivity index is 2.47. The molecule has 2 rings (SSSR count). The largest absolute Gasteiger partial charge is 0.493 e. The summed E-state index contributed by atoms with van der Waals surface area (Å²) >= 11 is 0. The van der Waals surface area contributed by atoms with E-state index in [1.165, 1.54) is 0 Å². The van der Waals surface area contributed by atoms with Crippen molar-refractivity contribution in [2.45, 2.75) is 6.92 Å². The summed E-state index contributed by atoms with van der Waals surface area (Å²) < 4.78 is 5.55. The van der Waals surface area contributed by atoms with E-state index in [-0.39, 0.29) is 23.9 Å². The Morgan fingerprint density at radius 3 is 2.83 bits per heavy atom. The number of rotatable bonds is 7. The van der Waals surface area contributed by atoms with Crippen LogP contribution in [0.5, 0.6) is 5.75 Å². The molecule has 0 fully saturated rings. The van der Waals surface area contributed by atoms with Crippen LogP contribution in [0.1, 0.15) is 6.92 Å². The van der Waals surface area contributed by atoms with Crippen LogP contribution in [0, 0.1) is 0 Å². The molecule has 0 aliphatic rings. The molecular formula is C14H18N6O4. The lowest BCUT2D eigenvalue weighted by atomic mass is 10.1. The molecule has 128 valence electrons. The van der Waals surface area contributed by atoms with Crippen molar-refractivity contribution in [3.05, 3.63) is 28.6 Å². The first-order valence-electron chi connectivity index (χ1n) is 7.05. The van der Waals surface area contributed by atoms with Gasteiger partial charge in [0.25, 0.3) is 5.56 Å². The van der Waals surface area contributed by atoms with Gasteiger partial charge in [-0.25, -0.2) is 10.8 Å². The summed E-state index contributed by atoms with van der Waals surface area (Å²) in [4.78, 5) is 29.2. The first-order chi connectivity index (χ1) is 11.5. The van der Waals surface area contributed by atoms with Gasteiger partial charge in [-0.05, 0) is 19.1 Å². The van der Waals surface area contributed by atoms with Gasteiger partial charge in [-0.2, -0.15) is 0 Å². The number of H-pyrrole nitrogens is 1. The number of benzene rings is 1. The molecule has 10 nitrogen and oxygen atoms in total. The van der Waals surface area contributed by atoms with Gasteiger partial charge < -0.3 is 31.3 Å². The third kappa shape index (κ3) is 3.73. The number of nitrogen functional groups attached to an aromatic ring is 2. The fourth-order valence-corrected chi connectivity index (χ4v) is 2.00. The van der Waals surface area contributed by atoms with Crippen molar-refractivity contribution in [2.24, 2.45) is 5.84 Å². The zero-order chi connectivity index (χ0) is 17.7. The van der Waals surface area contributed by atoms with Gasteiger partial charge in [-0.3, -0.25) is 9.59 Å². The number of hydrogen-bond donors (Lipinski definition) is 6. The third-order valence-corrected chi connectivity index (χ3v) is 3.07. The number of ether oxygens (including phenoxy) is 1. The summed E-state index contributed by atoms with van der Waals surface area (Å²) in [5.74, 6) is 5.01. The van der Waals surface area contributed by atoms with Gasteiger partial charge >= 0.3 is 5.97 Å². The van der Waals surface area contributed by atoms with E-state index in [1.807, 2.05) is 0 Å². The Morgan fingerprint density at radius 2 is 2.21 bits per heavy atom.